The molecule has 0 radical (unpaired) electrons. The third-order valence-electron chi connectivity index (χ3n) is 2.38. The molecular weight excluding hydrogens is 302 g/mol. The molecule has 1 N–H and O–H groups in total. The average molecular weight is 306 g/mol. The number of nitriles is 1. The van der Waals surface area contributed by atoms with Crippen LogP contribution in [0.2, 0.25) is 10.0 Å². The normalized spacial score (nSPS) is 11.4. The predicted molar refractivity (Wildman–Crippen MR) is 63.8 cm³/mol. The van der Waals surface area contributed by atoms with E-state index >= 15 is 0 Å². The molecule has 98 valence electrons. The maximum Gasteiger partial charge on any atom is 0.416 e. The minimum atomic E-state index is -4.54. The van der Waals surface area contributed by atoms with Crippen molar-refractivity contribution in [2.24, 2.45) is 0 Å². The number of H-pyrrole nitrogens is 1. The van der Waals surface area contributed by atoms with E-state index in [-0.39, 0.29) is 26.9 Å². The third kappa shape index (κ3) is 2.53. The van der Waals surface area contributed by atoms with Crippen molar-refractivity contribution >= 4 is 23.2 Å². The molecule has 0 aliphatic heterocycles. The zero-order valence-corrected chi connectivity index (χ0v) is 10.5. The lowest BCUT2D eigenvalue weighted by Gasteiger charge is -2.11. The highest BCUT2D eigenvalue weighted by atomic mass is 35.5. The van der Waals surface area contributed by atoms with Crippen LogP contribution in [0.5, 0.6) is 0 Å². The molecule has 0 fully saturated rings. The highest BCUT2D eigenvalue weighted by Crippen LogP contribution is 2.40. The average Bonchev–Trinajstić information content (AvgIpc) is 2.75. The molecule has 3 nitrogen and oxygen atoms in total. The molecule has 0 atom stereocenters. The summed E-state index contributed by atoms with van der Waals surface area (Å²) < 4.78 is 37.7. The summed E-state index contributed by atoms with van der Waals surface area (Å²) in [5, 5.41) is 14.6. The van der Waals surface area contributed by atoms with Crippen LogP contribution in [0.25, 0.3) is 11.3 Å². The van der Waals surface area contributed by atoms with E-state index in [9.17, 15) is 13.2 Å². The van der Waals surface area contributed by atoms with Gasteiger partial charge in [-0.15, -0.1) is 0 Å². The Labute approximate surface area is 115 Å². The Kier molecular flexibility index (Phi) is 3.43. The van der Waals surface area contributed by atoms with Gasteiger partial charge in [-0.25, -0.2) is 0 Å². The largest absolute Gasteiger partial charge is 0.416 e. The van der Waals surface area contributed by atoms with Crippen LogP contribution in [0.15, 0.2) is 18.3 Å². The van der Waals surface area contributed by atoms with Gasteiger partial charge in [0.1, 0.15) is 6.07 Å². The highest BCUT2D eigenvalue weighted by molar-refractivity contribution is 6.39. The fourth-order valence-electron chi connectivity index (χ4n) is 1.54. The number of hydrogen-bond acceptors (Lipinski definition) is 2. The molecule has 1 aromatic heterocycles. The summed E-state index contributed by atoms with van der Waals surface area (Å²) in [6.07, 6.45) is -3.31. The zero-order valence-electron chi connectivity index (χ0n) is 9.02. The number of benzene rings is 1. The minimum Gasteiger partial charge on any atom is -0.276 e. The summed E-state index contributed by atoms with van der Waals surface area (Å²) >= 11 is 11.6. The van der Waals surface area contributed by atoms with Crippen molar-refractivity contribution in [3.05, 3.63) is 39.5 Å². The highest BCUT2D eigenvalue weighted by Gasteiger charge is 2.32. The number of hydrogen-bond donors (Lipinski definition) is 1. The number of alkyl halides is 3. The van der Waals surface area contributed by atoms with Gasteiger partial charge in [-0.3, -0.25) is 5.10 Å². The molecule has 0 aliphatic carbocycles. The molecule has 2 aromatic rings. The smallest absolute Gasteiger partial charge is 0.276 e. The van der Waals surface area contributed by atoms with E-state index in [2.05, 4.69) is 10.2 Å². The van der Waals surface area contributed by atoms with E-state index in [0.29, 0.717) is 0 Å². The maximum absolute atomic E-state index is 12.6. The number of nitrogens with zero attached hydrogens (tertiary/aromatic N) is 2. The van der Waals surface area contributed by atoms with Gasteiger partial charge in [-0.1, -0.05) is 23.2 Å². The lowest BCUT2D eigenvalue weighted by molar-refractivity contribution is -0.137. The van der Waals surface area contributed by atoms with Crippen LogP contribution in [0.4, 0.5) is 13.2 Å². The quantitative estimate of drug-likeness (QED) is 0.855. The second kappa shape index (κ2) is 4.76. The predicted octanol–water partition coefficient (Wildman–Crippen LogP) is 4.27. The molecule has 8 heteroatoms. The molecule has 19 heavy (non-hydrogen) atoms. The number of aromatic amines is 1. The van der Waals surface area contributed by atoms with Gasteiger partial charge in [-0.05, 0) is 12.1 Å². The zero-order chi connectivity index (χ0) is 14.2. The Balaban J connectivity index is 2.65. The van der Waals surface area contributed by atoms with Gasteiger partial charge in [0.2, 0.25) is 0 Å². The van der Waals surface area contributed by atoms with Crippen molar-refractivity contribution in [1.29, 1.82) is 5.26 Å². The molecule has 0 amide bonds. The Bertz CT molecular complexity index is 648. The third-order valence-corrected chi connectivity index (χ3v) is 2.98. The van der Waals surface area contributed by atoms with Crippen LogP contribution >= 0.6 is 23.2 Å². The molecule has 0 spiro atoms. The van der Waals surface area contributed by atoms with Gasteiger partial charge >= 0.3 is 6.18 Å². The molecule has 0 saturated heterocycles. The van der Waals surface area contributed by atoms with Crippen LogP contribution in [0.1, 0.15) is 11.1 Å². The molecular formula is C11H4Cl2F3N3. The summed E-state index contributed by atoms with van der Waals surface area (Å²) in [7, 11) is 0. The monoisotopic (exact) mass is 305 g/mol. The molecule has 0 bridgehead atoms. The van der Waals surface area contributed by atoms with Crippen LogP contribution in [-0.4, -0.2) is 10.2 Å². The first kappa shape index (κ1) is 13.7. The first-order valence-electron chi connectivity index (χ1n) is 4.84. The van der Waals surface area contributed by atoms with E-state index in [0.717, 1.165) is 12.1 Å². The number of halogens is 5. The summed E-state index contributed by atoms with van der Waals surface area (Å²) in [5.74, 6) is 0. The fourth-order valence-corrected chi connectivity index (χ4v) is 2.21. The maximum atomic E-state index is 12.6. The van der Waals surface area contributed by atoms with E-state index in [1.807, 2.05) is 6.07 Å². The Hall–Kier alpha value is -1.71. The Morgan fingerprint density at radius 2 is 1.79 bits per heavy atom. The van der Waals surface area contributed by atoms with E-state index < -0.39 is 11.7 Å². The van der Waals surface area contributed by atoms with E-state index in [4.69, 9.17) is 28.5 Å². The van der Waals surface area contributed by atoms with E-state index in [1.54, 1.807) is 0 Å². The summed E-state index contributed by atoms with van der Waals surface area (Å²) in [5.41, 5.74) is -0.510. The van der Waals surface area contributed by atoms with Crippen molar-refractivity contribution in [3.8, 4) is 17.3 Å². The van der Waals surface area contributed by atoms with Crippen molar-refractivity contribution in [2.75, 3.05) is 0 Å². The lowest BCUT2D eigenvalue weighted by Crippen LogP contribution is -2.05. The fraction of sp³-hybridized carbons (Fsp3) is 0.0909. The molecule has 0 unspecified atom stereocenters. The molecule has 0 aliphatic rings. The van der Waals surface area contributed by atoms with E-state index in [1.165, 1.54) is 6.20 Å². The van der Waals surface area contributed by atoms with Gasteiger partial charge in [0.15, 0.2) is 0 Å². The molecule has 1 heterocycles. The van der Waals surface area contributed by atoms with Crippen LogP contribution in [0, 0.1) is 11.3 Å². The second-order valence-electron chi connectivity index (χ2n) is 3.58. The molecule has 1 aromatic carbocycles. The summed E-state index contributed by atoms with van der Waals surface area (Å²) in [6.45, 7) is 0. The number of aromatic nitrogens is 2. The number of rotatable bonds is 1. The van der Waals surface area contributed by atoms with Gasteiger partial charge in [0, 0.05) is 5.56 Å². The van der Waals surface area contributed by atoms with Crippen LogP contribution < -0.4 is 0 Å². The topological polar surface area (TPSA) is 52.5 Å². The SMILES string of the molecule is N#Cc1cn[nH]c1-c1c(Cl)cc(C(F)(F)F)cc1Cl. The first-order valence-corrected chi connectivity index (χ1v) is 5.60. The van der Waals surface area contributed by atoms with Crippen molar-refractivity contribution in [3.63, 3.8) is 0 Å². The summed E-state index contributed by atoms with van der Waals surface area (Å²) in [4.78, 5) is 0. The summed E-state index contributed by atoms with van der Waals surface area (Å²) in [6, 6.07) is 3.35. The van der Waals surface area contributed by atoms with Crippen molar-refractivity contribution in [1.82, 2.24) is 10.2 Å². The van der Waals surface area contributed by atoms with Crippen molar-refractivity contribution in [2.45, 2.75) is 6.18 Å². The van der Waals surface area contributed by atoms with Gasteiger partial charge in [-0.2, -0.15) is 23.5 Å². The minimum absolute atomic E-state index is 0.116. The van der Waals surface area contributed by atoms with Crippen LogP contribution in [-0.2, 0) is 6.18 Å². The number of nitrogens with one attached hydrogen (secondary N) is 1. The lowest BCUT2D eigenvalue weighted by atomic mass is 10.1. The Morgan fingerprint density at radius 1 is 1.21 bits per heavy atom. The van der Waals surface area contributed by atoms with Gasteiger partial charge in [0.25, 0.3) is 0 Å². The van der Waals surface area contributed by atoms with Gasteiger partial charge in [0.05, 0.1) is 33.1 Å². The Morgan fingerprint density at radius 3 is 2.26 bits per heavy atom. The van der Waals surface area contributed by atoms with Crippen molar-refractivity contribution < 1.29 is 13.2 Å². The molecule has 0 saturated carbocycles. The standard InChI is InChI=1S/C11H4Cl2F3N3/c12-7-1-6(11(14,15)16)2-8(13)9(7)10-5(3-17)4-18-19-10/h1-2,4H,(H,18,19). The molecule has 2 rings (SSSR count). The van der Waals surface area contributed by atoms with Crippen LogP contribution in [0.3, 0.4) is 0 Å². The second-order valence-corrected chi connectivity index (χ2v) is 4.40. The van der Waals surface area contributed by atoms with Gasteiger partial charge < -0.3 is 0 Å². The first-order chi connectivity index (χ1) is 8.84.